The van der Waals surface area contributed by atoms with E-state index >= 15 is 0 Å². The lowest BCUT2D eigenvalue weighted by Crippen LogP contribution is -2.00. The van der Waals surface area contributed by atoms with E-state index in [-0.39, 0.29) is 0 Å². The first-order chi connectivity index (χ1) is 25.7. The molecule has 0 fully saturated rings. The molecule has 0 atom stereocenters. The predicted molar refractivity (Wildman–Crippen MR) is 211 cm³/mol. The van der Waals surface area contributed by atoms with Crippen molar-refractivity contribution in [1.29, 1.82) is 5.26 Å². The Morgan fingerprint density at radius 3 is 1.38 bits per heavy atom. The standard InChI is InChI=1S/C48H28N4/c49-29-30-10-9-15-34(26-30)38-22-24-42-40-16-7-8-17-41(40)43-25-23-39(44(38)45(42)43)35-20-18-31-19-21-36(28-37(31)27-35)48-51-46(32-11-3-1-4-12-32)50-47(52-48)33-13-5-2-6-14-33/h1-28H. The van der Waals surface area contributed by atoms with E-state index in [1.807, 2.05) is 78.9 Å². The molecule has 0 bridgehead atoms. The Hall–Kier alpha value is -7.22. The van der Waals surface area contributed by atoms with Gasteiger partial charge in [0.2, 0.25) is 0 Å². The third kappa shape index (κ3) is 4.87. The highest BCUT2D eigenvalue weighted by Gasteiger charge is 2.25. The summed E-state index contributed by atoms with van der Waals surface area (Å²) in [6, 6.07) is 61.1. The zero-order valence-corrected chi connectivity index (χ0v) is 28.0. The molecule has 0 amide bonds. The minimum atomic E-state index is 0.628. The number of rotatable bonds is 5. The summed E-state index contributed by atoms with van der Waals surface area (Å²) in [5.41, 5.74) is 12.8. The van der Waals surface area contributed by atoms with Gasteiger partial charge in [-0.1, -0.05) is 146 Å². The highest BCUT2D eigenvalue weighted by atomic mass is 15.0. The molecular formula is C48H28N4. The number of nitriles is 1. The normalized spacial score (nSPS) is 11.4. The van der Waals surface area contributed by atoms with Gasteiger partial charge in [-0.3, -0.25) is 0 Å². The monoisotopic (exact) mass is 660 g/mol. The Morgan fingerprint density at radius 1 is 0.327 bits per heavy atom. The summed E-state index contributed by atoms with van der Waals surface area (Å²) < 4.78 is 0. The Labute approximate surface area is 301 Å². The maximum absolute atomic E-state index is 9.76. The molecule has 0 saturated carbocycles. The van der Waals surface area contributed by atoms with Crippen LogP contribution >= 0.6 is 0 Å². The van der Waals surface area contributed by atoms with Crippen molar-refractivity contribution in [2.75, 3.05) is 0 Å². The maximum Gasteiger partial charge on any atom is 0.164 e. The van der Waals surface area contributed by atoms with Gasteiger partial charge >= 0.3 is 0 Å². The van der Waals surface area contributed by atoms with Crippen molar-refractivity contribution in [2.24, 2.45) is 0 Å². The summed E-state index contributed by atoms with van der Waals surface area (Å²) >= 11 is 0. The Balaban J connectivity index is 1.17. The lowest BCUT2D eigenvalue weighted by atomic mass is 9.87. The minimum absolute atomic E-state index is 0.628. The second-order valence-electron chi connectivity index (χ2n) is 13.1. The van der Waals surface area contributed by atoms with Crippen LogP contribution in [0.5, 0.6) is 0 Å². The van der Waals surface area contributed by atoms with Crippen LogP contribution in [0.25, 0.3) is 100 Å². The molecule has 0 N–H and O–H groups in total. The van der Waals surface area contributed by atoms with Crippen LogP contribution in [-0.2, 0) is 0 Å². The number of hydrogen-bond acceptors (Lipinski definition) is 4. The van der Waals surface area contributed by atoms with Gasteiger partial charge in [-0.05, 0) is 90.3 Å². The van der Waals surface area contributed by atoms with Crippen molar-refractivity contribution in [3.8, 4) is 84.7 Å². The van der Waals surface area contributed by atoms with Crippen LogP contribution in [0.2, 0.25) is 0 Å². The van der Waals surface area contributed by atoms with Crippen LogP contribution in [0.1, 0.15) is 5.56 Å². The zero-order valence-electron chi connectivity index (χ0n) is 28.0. The molecule has 4 heteroatoms. The Morgan fingerprint density at radius 2 is 0.788 bits per heavy atom. The molecule has 9 aromatic rings. The SMILES string of the molecule is N#Cc1cccc(-c2ccc3c4c(ccc(-c5ccc6ccc(-c7nc(-c8ccccc8)nc(-c8ccccc8)n7)cc6c5)c24)-c2ccccc2-3)c1. The van der Waals surface area contributed by atoms with Crippen LogP contribution in [0, 0.1) is 11.3 Å². The second-order valence-corrected chi connectivity index (χ2v) is 13.1. The first-order valence-electron chi connectivity index (χ1n) is 17.3. The summed E-state index contributed by atoms with van der Waals surface area (Å²) in [5, 5.41) is 14.4. The quantitative estimate of drug-likeness (QED) is 0.184. The van der Waals surface area contributed by atoms with Crippen LogP contribution in [0.3, 0.4) is 0 Å². The van der Waals surface area contributed by atoms with E-state index in [2.05, 4.69) is 97.1 Å². The van der Waals surface area contributed by atoms with E-state index in [1.54, 1.807) is 0 Å². The second kappa shape index (κ2) is 12.0. The summed E-state index contributed by atoms with van der Waals surface area (Å²) in [6.07, 6.45) is 0. The average Bonchev–Trinajstić information content (AvgIpc) is 3.55. The fourth-order valence-corrected chi connectivity index (χ4v) is 7.63. The lowest BCUT2D eigenvalue weighted by molar-refractivity contribution is 1.07. The zero-order chi connectivity index (χ0) is 34.6. The summed E-state index contributed by atoms with van der Waals surface area (Å²) in [5.74, 6) is 1.91. The van der Waals surface area contributed by atoms with E-state index in [9.17, 15) is 5.26 Å². The summed E-state index contributed by atoms with van der Waals surface area (Å²) in [7, 11) is 0. The van der Waals surface area contributed by atoms with Crippen molar-refractivity contribution in [1.82, 2.24) is 15.0 Å². The molecule has 0 saturated heterocycles. The number of nitrogens with zero attached hydrogens (tertiary/aromatic N) is 4. The van der Waals surface area contributed by atoms with E-state index in [0.29, 0.717) is 23.0 Å². The fourth-order valence-electron chi connectivity index (χ4n) is 7.63. The summed E-state index contributed by atoms with van der Waals surface area (Å²) in [6.45, 7) is 0. The molecule has 0 aliphatic heterocycles. The van der Waals surface area contributed by atoms with E-state index in [4.69, 9.17) is 15.0 Å². The van der Waals surface area contributed by atoms with Crippen LogP contribution < -0.4 is 0 Å². The molecule has 0 radical (unpaired) electrons. The smallest absolute Gasteiger partial charge is 0.164 e. The highest BCUT2D eigenvalue weighted by Crippen LogP contribution is 2.52. The van der Waals surface area contributed by atoms with E-state index in [0.717, 1.165) is 49.7 Å². The van der Waals surface area contributed by atoms with Gasteiger partial charge in [0.05, 0.1) is 11.6 Å². The van der Waals surface area contributed by atoms with Gasteiger partial charge in [0.25, 0.3) is 0 Å². The topological polar surface area (TPSA) is 62.5 Å². The molecule has 1 aliphatic rings. The fraction of sp³-hybridized carbons (Fsp3) is 0. The molecule has 0 unspecified atom stereocenters. The molecule has 1 heterocycles. The maximum atomic E-state index is 9.76. The summed E-state index contributed by atoms with van der Waals surface area (Å²) in [4.78, 5) is 14.9. The van der Waals surface area contributed by atoms with Crippen LogP contribution in [0.4, 0.5) is 0 Å². The van der Waals surface area contributed by atoms with Gasteiger partial charge < -0.3 is 0 Å². The third-order valence-corrected chi connectivity index (χ3v) is 10.1. The Bertz CT molecular complexity index is 2820. The number of fused-ring (bicyclic) bond motifs is 4. The number of aromatic nitrogens is 3. The van der Waals surface area contributed by atoms with Gasteiger partial charge in [0.1, 0.15) is 0 Å². The van der Waals surface area contributed by atoms with Crippen LogP contribution in [0.15, 0.2) is 170 Å². The Kier molecular flexibility index (Phi) is 6.84. The largest absolute Gasteiger partial charge is 0.208 e. The third-order valence-electron chi connectivity index (χ3n) is 10.1. The molecule has 240 valence electrons. The van der Waals surface area contributed by atoms with Crippen molar-refractivity contribution in [2.45, 2.75) is 0 Å². The lowest BCUT2D eigenvalue weighted by Gasteiger charge is -2.16. The highest BCUT2D eigenvalue weighted by molar-refractivity contribution is 6.22. The van der Waals surface area contributed by atoms with Gasteiger partial charge in [-0.2, -0.15) is 5.26 Å². The van der Waals surface area contributed by atoms with Gasteiger partial charge in [0.15, 0.2) is 17.5 Å². The van der Waals surface area contributed by atoms with Gasteiger partial charge in [-0.15, -0.1) is 0 Å². The van der Waals surface area contributed by atoms with Crippen molar-refractivity contribution < 1.29 is 0 Å². The molecule has 10 rings (SSSR count). The van der Waals surface area contributed by atoms with Gasteiger partial charge in [-0.25, -0.2) is 15.0 Å². The predicted octanol–water partition coefficient (Wildman–Crippen LogP) is 12.0. The van der Waals surface area contributed by atoms with Crippen molar-refractivity contribution in [3.63, 3.8) is 0 Å². The molecule has 4 nitrogen and oxygen atoms in total. The molecular weight excluding hydrogens is 633 g/mol. The molecule has 52 heavy (non-hydrogen) atoms. The molecule has 1 aliphatic carbocycles. The van der Waals surface area contributed by atoms with Crippen molar-refractivity contribution in [3.05, 3.63) is 175 Å². The number of hydrogen-bond donors (Lipinski definition) is 0. The molecule has 8 aromatic carbocycles. The molecule has 0 spiro atoms. The van der Waals surface area contributed by atoms with Crippen molar-refractivity contribution >= 4 is 21.5 Å². The first-order valence-corrected chi connectivity index (χ1v) is 17.3. The first kappa shape index (κ1) is 29.7. The van der Waals surface area contributed by atoms with Gasteiger partial charge in [0, 0.05) is 16.7 Å². The van der Waals surface area contributed by atoms with E-state index in [1.165, 1.54) is 33.0 Å². The number of benzene rings is 8. The minimum Gasteiger partial charge on any atom is -0.208 e. The molecule has 1 aromatic heterocycles. The average molecular weight is 661 g/mol. The van der Waals surface area contributed by atoms with E-state index < -0.39 is 0 Å². The van der Waals surface area contributed by atoms with Crippen LogP contribution in [-0.4, -0.2) is 15.0 Å².